The second-order valence-corrected chi connectivity index (χ2v) is 9.70. The molecule has 2 heterocycles. The Hall–Kier alpha value is -2.94. The highest BCUT2D eigenvalue weighted by atomic mass is 32.2. The summed E-state index contributed by atoms with van der Waals surface area (Å²) in [6.45, 7) is 7.48. The van der Waals surface area contributed by atoms with E-state index in [0.717, 1.165) is 6.26 Å². The SMILES string of the molecule is Cc1nc2[nH]cc(C(=O)NC(C)(C)C)c2nc1Nc1cccc(S(C)(=O)=O)c1. The lowest BCUT2D eigenvalue weighted by atomic mass is 10.1. The number of carbonyl (C=O) groups excluding carboxylic acids is 1. The van der Waals surface area contributed by atoms with Crippen molar-refractivity contribution >= 4 is 38.4 Å². The topological polar surface area (TPSA) is 117 Å². The van der Waals surface area contributed by atoms with Crippen LogP contribution in [0.1, 0.15) is 36.8 Å². The van der Waals surface area contributed by atoms with Crippen molar-refractivity contribution in [1.82, 2.24) is 20.3 Å². The molecule has 1 amide bonds. The highest BCUT2D eigenvalue weighted by Crippen LogP contribution is 2.24. The number of anilines is 2. The molecule has 0 bridgehead atoms. The number of hydrogen-bond acceptors (Lipinski definition) is 6. The zero-order valence-corrected chi connectivity index (χ0v) is 17.2. The van der Waals surface area contributed by atoms with Crippen molar-refractivity contribution in [2.24, 2.45) is 0 Å². The summed E-state index contributed by atoms with van der Waals surface area (Å²) in [7, 11) is -3.32. The van der Waals surface area contributed by atoms with Crippen molar-refractivity contribution in [3.63, 3.8) is 0 Å². The number of carbonyl (C=O) groups is 1. The first-order chi connectivity index (χ1) is 12.9. The van der Waals surface area contributed by atoms with Crippen LogP contribution in [0.2, 0.25) is 0 Å². The Morgan fingerprint density at radius 3 is 2.54 bits per heavy atom. The molecule has 0 unspecified atom stereocenters. The van der Waals surface area contributed by atoms with E-state index in [-0.39, 0.29) is 16.3 Å². The largest absolute Gasteiger partial charge is 0.347 e. The first-order valence-electron chi connectivity index (χ1n) is 8.69. The van der Waals surface area contributed by atoms with Crippen LogP contribution in [-0.2, 0) is 9.84 Å². The van der Waals surface area contributed by atoms with Crippen molar-refractivity contribution in [3.8, 4) is 0 Å². The van der Waals surface area contributed by atoms with Gasteiger partial charge in [0.1, 0.15) is 5.52 Å². The number of sulfone groups is 1. The second kappa shape index (κ2) is 6.90. The van der Waals surface area contributed by atoms with E-state index in [9.17, 15) is 13.2 Å². The smallest absolute Gasteiger partial charge is 0.255 e. The molecular weight excluding hydrogens is 378 g/mol. The van der Waals surface area contributed by atoms with Gasteiger partial charge in [0.2, 0.25) is 0 Å². The van der Waals surface area contributed by atoms with E-state index in [0.29, 0.717) is 33.9 Å². The lowest BCUT2D eigenvalue weighted by molar-refractivity contribution is 0.0921. The van der Waals surface area contributed by atoms with E-state index in [1.807, 2.05) is 20.8 Å². The number of nitrogens with one attached hydrogen (secondary N) is 3. The number of hydrogen-bond donors (Lipinski definition) is 3. The zero-order chi connectivity index (χ0) is 20.7. The zero-order valence-electron chi connectivity index (χ0n) is 16.4. The number of nitrogens with zero attached hydrogens (tertiary/aromatic N) is 2. The molecule has 3 aromatic rings. The van der Waals surface area contributed by atoms with Gasteiger partial charge in [-0.3, -0.25) is 4.79 Å². The molecule has 28 heavy (non-hydrogen) atoms. The highest BCUT2D eigenvalue weighted by molar-refractivity contribution is 7.90. The summed E-state index contributed by atoms with van der Waals surface area (Å²) in [5.74, 6) is 0.199. The fourth-order valence-corrected chi connectivity index (χ4v) is 3.32. The summed E-state index contributed by atoms with van der Waals surface area (Å²) in [6.07, 6.45) is 2.74. The van der Waals surface area contributed by atoms with Gasteiger partial charge in [-0.2, -0.15) is 0 Å². The molecule has 0 atom stereocenters. The minimum Gasteiger partial charge on any atom is -0.347 e. The Balaban J connectivity index is 2.00. The Morgan fingerprint density at radius 2 is 1.89 bits per heavy atom. The lowest BCUT2D eigenvalue weighted by Gasteiger charge is -2.20. The van der Waals surface area contributed by atoms with Gasteiger partial charge in [-0.15, -0.1) is 0 Å². The van der Waals surface area contributed by atoms with Gasteiger partial charge < -0.3 is 15.6 Å². The summed E-state index contributed by atoms with van der Waals surface area (Å²) in [6, 6.07) is 6.46. The molecule has 148 valence electrons. The normalized spacial score (nSPS) is 12.2. The molecule has 2 aromatic heterocycles. The molecule has 3 rings (SSSR count). The number of benzene rings is 1. The summed E-state index contributed by atoms with van der Waals surface area (Å²) in [4.78, 5) is 24.8. The van der Waals surface area contributed by atoms with Gasteiger partial charge in [-0.25, -0.2) is 18.4 Å². The minimum absolute atomic E-state index is 0.205. The van der Waals surface area contributed by atoms with Crippen LogP contribution in [0.15, 0.2) is 35.4 Å². The van der Waals surface area contributed by atoms with Crippen molar-refractivity contribution < 1.29 is 13.2 Å². The fraction of sp³-hybridized carbons (Fsp3) is 0.316. The third-order valence-corrected chi connectivity index (χ3v) is 5.05. The lowest BCUT2D eigenvalue weighted by Crippen LogP contribution is -2.40. The summed E-state index contributed by atoms with van der Waals surface area (Å²) >= 11 is 0. The first-order valence-corrected chi connectivity index (χ1v) is 10.6. The first kappa shape index (κ1) is 19.8. The second-order valence-electron chi connectivity index (χ2n) is 7.69. The van der Waals surface area contributed by atoms with Crippen molar-refractivity contribution in [1.29, 1.82) is 0 Å². The predicted octanol–water partition coefficient (Wildman–Crippen LogP) is 2.94. The van der Waals surface area contributed by atoms with Crippen molar-refractivity contribution in [2.75, 3.05) is 11.6 Å². The fourth-order valence-electron chi connectivity index (χ4n) is 2.66. The predicted molar refractivity (Wildman–Crippen MR) is 109 cm³/mol. The molecule has 0 aliphatic rings. The van der Waals surface area contributed by atoms with E-state index in [1.165, 1.54) is 12.1 Å². The number of aromatic amines is 1. The molecule has 0 aliphatic heterocycles. The molecule has 0 saturated heterocycles. The van der Waals surface area contributed by atoms with Gasteiger partial charge in [0.15, 0.2) is 21.3 Å². The van der Waals surface area contributed by atoms with Gasteiger partial charge in [0.25, 0.3) is 5.91 Å². The minimum atomic E-state index is -3.32. The number of aromatic nitrogens is 3. The molecule has 0 radical (unpaired) electrons. The van der Waals surface area contributed by atoms with Crippen LogP contribution in [-0.4, -0.2) is 41.1 Å². The van der Waals surface area contributed by atoms with Crippen LogP contribution in [0.5, 0.6) is 0 Å². The average molecular weight is 401 g/mol. The molecule has 8 nitrogen and oxygen atoms in total. The summed E-state index contributed by atoms with van der Waals surface area (Å²) in [5, 5.41) is 6.01. The van der Waals surface area contributed by atoms with Gasteiger partial charge in [0, 0.05) is 23.7 Å². The maximum Gasteiger partial charge on any atom is 0.255 e. The maximum atomic E-state index is 12.6. The molecular formula is C19H23N5O3S. The Bertz CT molecular complexity index is 1160. The Morgan fingerprint density at radius 1 is 1.18 bits per heavy atom. The summed E-state index contributed by atoms with van der Waals surface area (Å²) < 4.78 is 23.5. The number of amides is 1. The third kappa shape index (κ3) is 4.30. The number of fused-ring (bicyclic) bond motifs is 1. The van der Waals surface area contributed by atoms with Crippen LogP contribution >= 0.6 is 0 Å². The van der Waals surface area contributed by atoms with E-state index in [1.54, 1.807) is 25.3 Å². The molecule has 0 fully saturated rings. The number of rotatable bonds is 4. The molecule has 3 N–H and O–H groups in total. The molecule has 0 spiro atoms. The van der Waals surface area contributed by atoms with E-state index >= 15 is 0 Å². The monoisotopic (exact) mass is 401 g/mol. The number of aryl methyl sites for hydroxylation is 1. The molecule has 0 saturated carbocycles. The van der Waals surface area contributed by atoms with Crippen LogP contribution in [0.3, 0.4) is 0 Å². The Kier molecular flexibility index (Phi) is 4.88. The third-order valence-electron chi connectivity index (χ3n) is 3.94. The average Bonchev–Trinajstić information content (AvgIpc) is 2.96. The summed E-state index contributed by atoms with van der Waals surface area (Å²) in [5.41, 5.74) is 2.13. The molecule has 1 aromatic carbocycles. The van der Waals surface area contributed by atoms with Crippen LogP contribution in [0.25, 0.3) is 11.2 Å². The quantitative estimate of drug-likeness (QED) is 0.619. The van der Waals surface area contributed by atoms with Gasteiger partial charge in [0.05, 0.1) is 16.2 Å². The van der Waals surface area contributed by atoms with E-state index < -0.39 is 9.84 Å². The van der Waals surface area contributed by atoms with Crippen molar-refractivity contribution in [2.45, 2.75) is 38.1 Å². The van der Waals surface area contributed by atoms with Crippen LogP contribution in [0, 0.1) is 6.92 Å². The van der Waals surface area contributed by atoms with Crippen LogP contribution < -0.4 is 10.6 Å². The van der Waals surface area contributed by atoms with E-state index in [4.69, 9.17) is 0 Å². The Labute approximate surface area is 163 Å². The van der Waals surface area contributed by atoms with Crippen LogP contribution in [0.4, 0.5) is 11.5 Å². The highest BCUT2D eigenvalue weighted by Gasteiger charge is 2.20. The number of H-pyrrole nitrogens is 1. The van der Waals surface area contributed by atoms with Gasteiger partial charge >= 0.3 is 0 Å². The van der Waals surface area contributed by atoms with E-state index in [2.05, 4.69) is 25.6 Å². The molecule has 0 aliphatic carbocycles. The van der Waals surface area contributed by atoms with Crippen molar-refractivity contribution in [3.05, 3.63) is 41.7 Å². The molecule has 9 heteroatoms. The maximum absolute atomic E-state index is 12.6. The van der Waals surface area contributed by atoms with Gasteiger partial charge in [-0.05, 0) is 45.9 Å². The standard InChI is InChI=1S/C19H23N5O3S/c1-11-16(22-12-7-6-8-13(9-12)28(5,26)27)23-15-14(10-20-17(15)21-11)18(25)24-19(2,3)4/h6-10H,1-5H3,(H,20,21)(H,22,23)(H,24,25). The van der Waals surface area contributed by atoms with Gasteiger partial charge in [-0.1, -0.05) is 6.07 Å².